The number of rotatable bonds is 2. The molecule has 0 radical (unpaired) electrons. The summed E-state index contributed by atoms with van der Waals surface area (Å²) in [7, 11) is 0. The lowest BCUT2D eigenvalue weighted by atomic mass is 9.93. The average molecular weight is 313 g/mol. The van der Waals surface area contributed by atoms with Gasteiger partial charge in [-0.2, -0.15) is 0 Å². The van der Waals surface area contributed by atoms with Crippen molar-refractivity contribution in [2.75, 3.05) is 0 Å². The third-order valence-corrected chi connectivity index (χ3v) is 4.53. The minimum absolute atomic E-state index is 0.0885. The van der Waals surface area contributed by atoms with E-state index in [-0.39, 0.29) is 5.75 Å². The van der Waals surface area contributed by atoms with E-state index in [9.17, 15) is 9.90 Å². The lowest BCUT2D eigenvalue weighted by molar-refractivity contribution is -0.138. The van der Waals surface area contributed by atoms with Gasteiger partial charge in [-0.1, -0.05) is 12.5 Å². The topological polar surface area (TPSA) is 57.5 Å². The molecule has 1 aromatic carbocycles. The fraction of sp³-hybridized carbons (Fsp3) is 0.500. The molecule has 2 N–H and O–H groups in total. The molecular formula is C14H17BrO3. The first-order chi connectivity index (χ1) is 8.52. The fourth-order valence-electron chi connectivity index (χ4n) is 2.50. The van der Waals surface area contributed by atoms with E-state index in [1.807, 2.05) is 6.07 Å². The highest BCUT2D eigenvalue weighted by Gasteiger charge is 2.23. The number of fused-ring (bicyclic) bond motifs is 1. The molecule has 1 aliphatic carbocycles. The second-order valence-electron chi connectivity index (χ2n) is 4.89. The number of carboxylic acids is 1. The Balaban J connectivity index is 2.53. The standard InChI is InChI=1S/C14H17BrO3/c1-8(14(17)18)11-7-9-5-3-2-4-6-10(9)12(15)13(11)16/h7-8,16H,2-6H2,1H3,(H,17,18). The maximum atomic E-state index is 11.1. The van der Waals surface area contributed by atoms with Gasteiger partial charge in [0.15, 0.2) is 0 Å². The van der Waals surface area contributed by atoms with Gasteiger partial charge in [0, 0.05) is 5.56 Å². The molecule has 0 heterocycles. The van der Waals surface area contributed by atoms with E-state index in [1.165, 1.54) is 12.0 Å². The van der Waals surface area contributed by atoms with Crippen LogP contribution in [0.3, 0.4) is 0 Å². The number of halogens is 1. The van der Waals surface area contributed by atoms with Crippen molar-refractivity contribution in [3.8, 4) is 5.75 Å². The van der Waals surface area contributed by atoms with Crippen molar-refractivity contribution in [3.63, 3.8) is 0 Å². The van der Waals surface area contributed by atoms with E-state index in [4.69, 9.17) is 5.11 Å². The van der Waals surface area contributed by atoms with E-state index in [1.54, 1.807) is 6.92 Å². The van der Waals surface area contributed by atoms with E-state index >= 15 is 0 Å². The second kappa shape index (κ2) is 5.31. The lowest BCUT2D eigenvalue weighted by Crippen LogP contribution is -2.09. The Morgan fingerprint density at radius 1 is 1.33 bits per heavy atom. The smallest absolute Gasteiger partial charge is 0.310 e. The summed E-state index contributed by atoms with van der Waals surface area (Å²) in [6.07, 6.45) is 5.36. The van der Waals surface area contributed by atoms with E-state index in [0.29, 0.717) is 10.0 Å². The predicted molar refractivity (Wildman–Crippen MR) is 73.1 cm³/mol. The predicted octanol–water partition coefficient (Wildman–Crippen LogP) is 3.61. The van der Waals surface area contributed by atoms with Gasteiger partial charge in [0.1, 0.15) is 5.75 Å². The first-order valence-corrected chi connectivity index (χ1v) is 7.07. The molecule has 4 heteroatoms. The Kier molecular flexibility index (Phi) is 3.95. The molecule has 1 aromatic rings. The Labute approximate surface area is 115 Å². The molecular weight excluding hydrogens is 296 g/mol. The summed E-state index contributed by atoms with van der Waals surface area (Å²) in [4.78, 5) is 11.1. The maximum absolute atomic E-state index is 11.1. The molecule has 1 unspecified atom stereocenters. The number of phenolic OH excluding ortho intramolecular Hbond substituents is 1. The Hall–Kier alpha value is -1.03. The molecule has 3 nitrogen and oxygen atoms in total. The van der Waals surface area contributed by atoms with Crippen molar-refractivity contribution in [2.24, 2.45) is 0 Å². The van der Waals surface area contributed by atoms with Crippen molar-refractivity contribution in [1.82, 2.24) is 0 Å². The van der Waals surface area contributed by atoms with E-state index in [2.05, 4.69) is 15.9 Å². The summed E-state index contributed by atoms with van der Waals surface area (Å²) in [5.41, 5.74) is 2.83. The summed E-state index contributed by atoms with van der Waals surface area (Å²) < 4.78 is 0.685. The minimum Gasteiger partial charge on any atom is -0.506 e. The van der Waals surface area contributed by atoms with Crippen molar-refractivity contribution in [1.29, 1.82) is 0 Å². The zero-order valence-electron chi connectivity index (χ0n) is 10.4. The first kappa shape index (κ1) is 13.4. The number of phenols is 1. The number of carbonyl (C=O) groups is 1. The molecule has 0 aliphatic heterocycles. The van der Waals surface area contributed by atoms with Crippen LogP contribution in [-0.4, -0.2) is 16.2 Å². The number of benzene rings is 1. The number of aryl methyl sites for hydroxylation is 1. The van der Waals surface area contributed by atoms with Crippen LogP contribution in [0.25, 0.3) is 0 Å². The molecule has 0 fully saturated rings. The summed E-state index contributed by atoms with van der Waals surface area (Å²) >= 11 is 3.43. The summed E-state index contributed by atoms with van der Waals surface area (Å²) in [5, 5.41) is 19.2. The number of aromatic hydroxyl groups is 1. The second-order valence-corrected chi connectivity index (χ2v) is 5.68. The largest absolute Gasteiger partial charge is 0.506 e. The molecule has 0 saturated carbocycles. The van der Waals surface area contributed by atoms with Crippen LogP contribution in [0.5, 0.6) is 5.75 Å². The Morgan fingerprint density at radius 3 is 2.67 bits per heavy atom. The molecule has 98 valence electrons. The van der Waals surface area contributed by atoms with Gasteiger partial charge < -0.3 is 10.2 Å². The highest BCUT2D eigenvalue weighted by Crippen LogP contribution is 2.40. The van der Waals surface area contributed by atoms with Gasteiger partial charge in [-0.25, -0.2) is 0 Å². The zero-order valence-corrected chi connectivity index (χ0v) is 12.0. The molecule has 0 spiro atoms. The van der Waals surface area contributed by atoms with Crippen molar-refractivity contribution >= 4 is 21.9 Å². The van der Waals surface area contributed by atoms with Crippen LogP contribution in [-0.2, 0) is 17.6 Å². The Bertz CT molecular complexity index is 482. The zero-order chi connectivity index (χ0) is 13.3. The van der Waals surface area contributed by atoms with E-state index < -0.39 is 11.9 Å². The highest BCUT2D eigenvalue weighted by molar-refractivity contribution is 9.10. The lowest BCUT2D eigenvalue weighted by Gasteiger charge is -2.16. The summed E-state index contributed by atoms with van der Waals surface area (Å²) in [5.74, 6) is -1.51. The van der Waals surface area contributed by atoms with Crippen LogP contribution in [0.4, 0.5) is 0 Å². The van der Waals surface area contributed by atoms with Crippen molar-refractivity contribution < 1.29 is 15.0 Å². The van der Waals surface area contributed by atoms with Gasteiger partial charge in [0.2, 0.25) is 0 Å². The van der Waals surface area contributed by atoms with Gasteiger partial charge in [-0.3, -0.25) is 4.79 Å². The van der Waals surface area contributed by atoms with Crippen LogP contribution in [0.15, 0.2) is 10.5 Å². The van der Waals surface area contributed by atoms with Gasteiger partial charge in [0.05, 0.1) is 10.4 Å². The van der Waals surface area contributed by atoms with Crippen molar-refractivity contribution in [2.45, 2.75) is 44.9 Å². The van der Waals surface area contributed by atoms with Crippen LogP contribution >= 0.6 is 15.9 Å². The molecule has 0 bridgehead atoms. The molecule has 1 aliphatic rings. The minimum atomic E-state index is -0.911. The number of aliphatic carboxylic acids is 1. The third-order valence-electron chi connectivity index (χ3n) is 3.67. The fourth-order valence-corrected chi connectivity index (χ4v) is 3.19. The quantitative estimate of drug-likeness (QED) is 0.820. The summed E-state index contributed by atoms with van der Waals surface area (Å²) in [6, 6.07) is 1.87. The normalized spacial score (nSPS) is 16.8. The van der Waals surface area contributed by atoms with Gasteiger partial charge in [-0.15, -0.1) is 0 Å². The molecule has 0 aromatic heterocycles. The van der Waals surface area contributed by atoms with E-state index in [0.717, 1.165) is 31.2 Å². The van der Waals surface area contributed by atoms with Gasteiger partial charge in [-0.05, 0) is 59.7 Å². The Morgan fingerprint density at radius 2 is 2.00 bits per heavy atom. The first-order valence-electron chi connectivity index (χ1n) is 6.28. The number of hydrogen-bond acceptors (Lipinski definition) is 2. The van der Waals surface area contributed by atoms with Crippen LogP contribution < -0.4 is 0 Å². The molecule has 0 amide bonds. The third kappa shape index (κ3) is 2.39. The van der Waals surface area contributed by atoms with Crippen LogP contribution in [0, 0.1) is 0 Å². The average Bonchev–Trinajstić information content (AvgIpc) is 2.58. The van der Waals surface area contributed by atoms with Gasteiger partial charge >= 0.3 is 5.97 Å². The number of carboxylic acid groups (broad SMARTS) is 1. The van der Waals surface area contributed by atoms with Gasteiger partial charge in [0.25, 0.3) is 0 Å². The SMILES string of the molecule is CC(C(=O)O)c1cc2c(c(Br)c1O)CCCCC2. The molecule has 2 rings (SSSR count). The molecule has 0 saturated heterocycles. The highest BCUT2D eigenvalue weighted by atomic mass is 79.9. The maximum Gasteiger partial charge on any atom is 0.310 e. The monoisotopic (exact) mass is 312 g/mol. The molecule has 1 atom stereocenters. The molecule has 18 heavy (non-hydrogen) atoms. The number of hydrogen-bond donors (Lipinski definition) is 2. The summed E-state index contributed by atoms with van der Waals surface area (Å²) in [6.45, 7) is 1.60. The van der Waals surface area contributed by atoms with Crippen LogP contribution in [0.1, 0.15) is 48.8 Å². The van der Waals surface area contributed by atoms with Crippen molar-refractivity contribution in [3.05, 3.63) is 27.2 Å². The van der Waals surface area contributed by atoms with Crippen LogP contribution in [0.2, 0.25) is 0 Å².